The Labute approximate surface area is 98.3 Å². The molecule has 2 N–H and O–H groups in total. The summed E-state index contributed by atoms with van der Waals surface area (Å²) >= 11 is 0. The predicted molar refractivity (Wildman–Crippen MR) is 63.1 cm³/mol. The number of rotatable bonds is 4. The number of fused-ring (bicyclic) bond motifs is 1. The minimum atomic E-state index is -0.945. The van der Waals surface area contributed by atoms with Gasteiger partial charge in [0.05, 0.1) is 16.6 Å². The van der Waals surface area contributed by atoms with Gasteiger partial charge in [-0.25, -0.2) is 9.78 Å². The summed E-state index contributed by atoms with van der Waals surface area (Å²) in [5.41, 5.74) is 1.84. The molecule has 0 saturated carbocycles. The van der Waals surface area contributed by atoms with Gasteiger partial charge in [0, 0.05) is 13.2 Å². The molecule has 90 valence electrons. The Kier molecular flexibility index (Phi) is 3.10. The van der Waals surface area contributed by atoms with Crippen molar-refractivity contribution in [3.8, 4) is 0 Å². The number of hydrogen-bond donors (Lipinski definition) is 2. The summed E-state index contributed by atoms with van der Waals surface area (Å²) in [5, 5.41) is 17.8. The Balaban J connectivity index is 2.52. The largest absolute Gasteiger partial charge is 0.478 e. The Morgan fingerprint density at radius 1 is 1.47 bits per heavy atom. The van der Waals surface area contributed by atoms with E-state index >= 15 is 0 Å². The number of hydrogen-bond acceptors (Lipinski definition) is 3. The van der Waals surface area contributed by atoms with Gasteiger partial charge >= 0.3 is 5.97 Å². The van der Waals surface area contributed by atoms with Crippen molar-refractivity contribution in [2.75, 3.05) is 6.61 Å². The van der Waals surface area contributed by atoms with Crippen molar-refractivity contribution >= 4 is 17.0 Å². The normalized spacial score (nSPS) is 10.9. The highest BCUT2D eigenvalue weighted by Crippen LogP contribution is 2.18. The van der Waals surface area contributed by atoms with Crippen LogP contribution in [0.15, 0.2) is 18.2 Å². The average Bonchev–Trinajstić information content (AvgIpc) is 2.61. The first kappa shape index (κ1) is 11.6. The minimum absolute atomic E-state index is 0.109. The molecule has 5 nitrogen and oxygen atoms in total. The van der Waals surface area contributed by atoms with Crippen LogP contribution in [0.25, 0.3) is 11.0 Å². The van der Waals surface area contributed by atoms with Crippen LogP contribution in [-0.4, -0.2) is 32.3 Å². The fourth-order valence-corrected chi connectivity index (χ4v) is 1.89. The highest BCUT2D eigenvalue weighted by Gasteiger charge is 2.10. The van der Waals surface area contributed by atoms with Crippen molar-refractivity contribution in [3.05, 3.63) is 29.6 Å². The van der Waals surface area contributed by atoms with Crippen LogP contribution in [0, 0.1) is 6.92 Å². The molecule has 0 saturated heterocycles. The Bertz CT molecular complexity index is 560. The first-order chi connectivity index (χ1) is 8.13. The van der Waals surface area contributed by atoms with Gasteiger partial charge in [-0.05, 0) is 31.5 Å². The molecule has 0 bridgehead atoms. The van der Waals surface area contributed by atoms with Crippen LogP contribution >= 0.6 is 0 Å². The Morgan fingerprint density at radius 2 is 2.24 bits per heavy atom. The lowest BCUT2D eigenvalue weighted by Gasteiger charge is -2.05. The number of aliphatic hydroxyl groups is 1. The second kappa shape index (κ2) is 4.55. The zero-order valence-electron chi connectivity index (χ0n) is 9.55. The van der Waals surface area contributed by atoms with Gasteiger partial charge in [0.15, 0.2) is 0 Å². The summed E-state index contributed by atoms with van der Waals surface area (Å²) in [6.07, 6.45) is 0.629. The molecule has 0 fully saturated rings. The van der Waals surface area contributed by atoms with E-state index in [4.69, 9.17) is 10.2 Å². The summed E-state index contributed by atoms with van der Waals surface area (Å²) in [6, 6.07) is 4.88. The molecule has 17 heavy (non-hydrogen) atoms. The van der Waals surface area contributed by atoms with E-state index in [9.17, 15) is 4.79 Å². The lowest BCUT2D eigenvalue weighted by Crippen LogP contribution is -2.03. The lowest BCUT2D eigenvalue weighted by atomic mass is 10.2. The fraction of sp³-hybridized carbons (Fsp3) is 0.333. The SMILES string of the molecule is Cc1nc2ccc(C(=O)O)cc2n1CCCO. The number of benzene rings is 1. The van der Waals surface area contributed by atoms with E-state index in [1.807, 2.05) is 11.5 Å². The van der Waals surface area contributed by atoms with E-state index < -0.39 is 5.97 Å². The van der Waals surface area contributed by atoms with Gasteiger partial charge < -0.3 is 14.8 Å². The summed E-state index contributed by atoms with van der Waals surface area (Å²) in [4.78, 5) is 15.3. The summed E-state index contributed by atoms with van der Waals surface area (Å²) in [7, 11) is 0. The Hall–Kier alpha value is -1.88. The van der Waals surface area contributed by atoms with E-state index in [0.29, 0.717) is 13.0 Å². The number of aliphatic hydroxyl groups excluding tert-OH is 1. The number of carboxylic acid groups (broad SMARTS) is 1. The summed E-state index contributed by atoms with van der Waals surface area (Å²) in [5.74, 6) is -0.115. The van der Waals surface area contributed by atoms with Crippen LogP contribution < -0.4 is 0 Å². The first-order valence-corrected chi connectivity index (χ1v) is 5.44. The van der Waals surface area contributed by atoms with Crippen molar-refractivity contribution in [1.29, 1.82) is 0 Å². The number of aryl methyl sites for hydroxylation is 2. The molecular weight excluding hydrogens is 220 g/mol. The molecule has 0 aliphatic rings. The maximum atomic E-state index is 10.9. The number of carbonyl (C=O) groups is 1. The number of nitrogens with zero attached hydrogens (tertiary/aromatic N) is 2. The van der Waals surface area contributed by atoms with Crippen LogP contribution in [0.2, 0.25) is 0 Å². The fourth-order valence-electron chi connectivity index (χ4n) is 1.89. The molecular formula is C12H14N2O3. The first-order valence-electron chi connectivity index (χ1n) is 5.44. The van der Waals surface area contributed by atoms with Gasteiger partial charge in [0.1, 0.15) is 5.82 Å². The smallest absolute Gasteiger partial charge is 0.335 e. The third-order valence-corrected chi connectivity index (χ3v) is 2.73. The maximum Gasteiger partial charge on any atom is 0.335 e. The number of aromatic nitrogens is 2. The van der Waals surface area contributed by atoms with Gasteiger partial charge in [0.2, 0.25) is 0 Å². The summed E-state index contributed by atoms with van der Waals surface area (Å²) in [6.45, 7) is 2.62. The predicted octanol–water partition coefficient (Wildman–Crippen LogP) is 1.43. The molecule has 5 heteroatoms. The molecule has 0 aliphatic carbocycles. The highest BCUT2D eigenvalue weighted by atomic mass is 16.4. The summed E-state index contributed by atoms with van der Waals surface area (Å²) < 4.78 is 1.93. The van der Waals surface area contributed by atoms with E-state index in [1.165, 1.54) is 0 Å². The van der Waals surface area contributed by atoms with Gasteiger partial charge in [-0.1, -0.05) is 0 Å². The molecule has 1 aromatic heterocycles. The van der Waals surface area contributed by atoms with Gasteiger partial charge in [-0.2, -0.15) is 0 Å². The molecule has 2 rings (SSSR count). The van der Waals surface area contributed by atoms with Crippen molar-refractivity contribution < 1.29 is 15.0 Å². The average molecular weight is 234 g/mol. The zero-order valence-corrected chi connectivity index (χ0v) is 9.55. The Morgan fingerprint density at radius 3 is 2.88 bits per heavy atom. The quantitative estimate of drug-likeness (QED) is 0.839. The topological polar surface area (TPSA) is 75.3 Å². The number of carboxylic acids is 1. The minimum Gasteiger partial charge on any atom is -0.478 e. The molecule has 0 radical (unpaired) electrons. The lowest BCUT2D eigenvalue weighted by molar-refractivity contribution is 0.0697. The van der Waals surface area contributed by atoms with Crippen LogP contribution in [0.4, 0.5) is 0 Å². The molecule has 0 amide bonds. The zero-order chi connectivity index (χ0) is 12.4. The molecule has 0 atom stereocenters. The molecule has 0 spiro atoms. The second-order valence-electron chi connectivity index (χ2n) is 3.90. The molecule has 1 heterocycles. The molecule has 0 unspecified atom stereocenters. The van der Waals surface area contributed by atoms with Crippen molar-refractivity contribution in [1.82, 2.24) is 9.55 Å². The van der Waals surface area contributed by atoms with Crippen molar-refractivity contribution in [2.24, 2.45) is 0 Å². The molecule has 0 aliphatic heterocycles. The van der Waals surface area contributed by atoms with Crippen molar-refractivity contribution in [2.45, 2.75) is 19.9 Å². The van der Waals surface area contributed by atoms with Crippen LogP contribution in [0.5, 0.6) is 0 Å². The standard InChI is InChI=1S/C12H14N2O3/c1-8-13-10-4-3-9(12(16)17)7-11(10)14(8)5-2-6-15/h3-4,7,15H,2,5-6H2,1H3,(H,16,17). The van der Waals surface area contributed by atoms with E-state index in [0.717, 1.165) is 16.9 Å². The van der Waals surface area contributed by atoms with Crippen molar-refractivity contribution in [3.63, 3.8) is 0 Å². The third-order valence-electron chi connectivity index (χ3n) is 2.73. The second-order valence-corrected chi connectivity index (χ2v) is 3.90. The molecule has 1 aromatic carbocycles. The highest BCUT2D eigenvalue weighted by molar-refractivity contribution is 5.92. The number of imidazole rings is 1. The monoisotopic (exact) mass is 234 g/mol. The van der Waals surface area contributed by atoms with Gasteiger partial charge in [-0.3, -0.25) is 0 Å². The van der Waals surface area contributed by atoms with E-state index in [-0.39, 0.29) is 12.2 Å². The third kappa shape index (κ3) is 2.14. The maximum absolute atomic E-state index is 10.9. The van der Waals surface area contributed by atoms with Gasteiger partial charge in [-0.15, -0.1) is 0 Å². The van der Waals surface area contributed by atoms with Crippen LogP contribution in [-0.2, 0) is 6.54 Å². The number of aromatic carboxylic acids is 1. The molecule has 2 aromatic rings. The van der Waals surface area contributed by atoms with E-state index in [1.54, 1.807) is 18.2 Å². The van der Waals surface area contributed by atoms with Gasteiger partial charge in [0.25, 0.3) is 0 Å². The van der Waals surface area contributed by atoms with Crippen LogP contribution in [0.3, 0.4) is 0 Å². The van der Waals surface area contributed by atoms with E-state index in [2.05, 4.69) is 4.98 Å². The van der Waals surface area contributed by atoms with Crippen LogP contribution in [0.1, 0.15) is 22.6 Å².